The van der Waals surface area contributed by atoms with Crippen molar-refractivity contribution >= 4 is 16.8 Å². The molecule has 0 aliphatic carbocycles. The van der Waals surface area contributed by atoms with Gasteiger partial charge in [-0.15, -0.1) is 0 Å². The standard InChI is InChI=1S/C20H25FN2O3/c1-12(2)9-13-11-23(8-7-20(13,3)26)19(25)15-10-22-17-14(18(15)24)5-4-6-16(17)21/h4-6,10,12-13,26H,7-9,11H2,1-3H3,(H,22,24)/t13-,20+/m0/s1. The monoisotopic (exact) mass is 360 g/mol. The second-order valence-electron chi connectivity index (χ2n) is 7.88. The van der Waals surface area contributed by atoms with Crippen LogP contribution in [-0.4, -0.2) is 39.6 Å². The lowest BCUT2D eigenvalue weighted by molar-refractivity contribution is -0.0577. The molecule has 2 atom stereocenters. The highest BCUT2D eigenvalue weighted by molar-refractivity contribution is 5.97. The predicted octanol–water partition coefficient (Wildman–Crippen LogP) is 2.93. The minimum Gasteiger partial charge on any atom is -0.390 e. The van der Waals surface area contributed by atoms with Crippen molar-refractivity contribution in [3.63, 3.8) is 0 Å². The normalized spacial score (nSPS) is 23.6. The van der Waals surface area contributed by atoms with E-state index in [9.17, 15) is 19.1 Å². The van der Waals surface area contributed by atoms with Gasteiger partial charge in [-0.2, -0.15) is 0 Å². The maximum Gasteiger partial charge on any atom is 0.259 e. The van der Waals surface area contributed by atoms with Crippen LogP contribution in [0.1, 0.15) is 44.0 Å². The van der Waals surface area contributed by atoms with Gasteiger partial charge in [-0.1, -0.05) is 19.9 Å². The zero-order valence-corrected chi connectivity index (χ0v) is 15.4. The van der Waals surface area contributed by atoms with E-state index in [1.165, 1.54) is 24.4 Å². The smallest absolute Gasteiger partial charge is 0.259 e. The summed E-state index contributed by atoms with van der Waals surface area (Å²) in [7, 11) is 0. The molecule has 1 fully saturated rings. The Labute approximate surface area is 151 Å². The van der Waals surface area contributed by atoms with Crippen LogP contribution in [0.25, 0.3) is 10.9 Å². The van der Waals surface area contributed by atoms with Crippen molar-refractivity contribution in [3.8, 4) is 0 Å². The molecule has 6 heteroatoms. The highest BCUT2D eigenvalue weighted by Crippen LogP contribution is 2.32. The summed E-state index contributed by atoms with van der Waals surface area (Å²) in [6.07, 6.45) is 2.56. The molecule has 0 bridgehead atoms. The van der Waals surface area contributed by atoms with Crippen LogP contribution in [0.2, 0.25) is 0 Å². The van der Waals surface area contributed by atoms with Gasteiger partial charge in [0.15, 0.2) is 0 Å². The third-order valence-corrected chi connectivity index (χ3v) is 5.35. The molecule has 0 radical (unpaired) electrons. The van der Waals surface area contributed by atoms with Gasteiger partial charge in [0.05, 0.1) is 11.1 Å². The lowest BCUT2D eigenvalue weighted by atomic mass is 9.78. The molecule has 2 heterocycles. The molecule has 2 N–H and O–H groups in total. The van der Waals surface area contributed by atoms with Crippen LogP contribution < -0.4 is 5.43 Å². The topological polar surface area (TPSA) is 73.4 Å². The van der Waals surface area contributed by atoms with Crippen LogP contribution in [0, 0.1) is 17.7 Å². The molecular weight excluding hydrogens is 335 g/mol. The van der Waals surface area contributed by atoms with Crippen molar-refractivity contribution in [2.45, 2.75) is 39.2 Å². The van der Waals surface area contributed by atoms with Gasteiger partial charge in [0.25, 0.3) is 5.91 Å². The molecule has 0 saturated carbocycles. The number of carbonyl (C=O) groups is 1. The predicted molar refractivity (Wildman–Crippen MR) is 98.6 cm³/mol. The summed E-state index contributed by atoms with van der Waals surface area (Å²) in [5.41, 5.74) is -1.18. The van der Waals surface area contributed by atoms with E-state index in [1.54, 1.807) is 4.90 Å². The molecule has 1 aliphatic heterocycles. The number of H-pyrrole nitrogens is 1. The Hall–Kier alpha value is -2.21. The first-order valence-corrected chi connectivity index (χ1v) is 9.02. The van der Waals surface area contributed by atoms with E-state index in [4.69, 9.17) is 0 Å². The second kappa shape index (κ2) is 6.83. The van der Waals surface area contributed by atoms with Gasteiger partial charge in [0.2, 0.25) is 5.43 Å². The zero-order valence-electron chi connectivity index (χ0n) is 15.4. The van der Waals surface area contributed by atoms with Crippen LogP contribution in [0.3, 0.4) is 0 Å². The molecule has 0 unspecified atom stereocenters. The molecule has 0 spiro atoms. The molecule has 3 rings (SSSR count). The third-order valence-electron chi connectivity index (χ3n) is 5.35. The molecule has 1 saturated heterocycles. The zero-order chi connectivity index (χ0) is 19.1. The van der Waals surface area contributed by atoms with E-state index in [0.717, 1.165) is 6.42 Å². The van der Waals surface area contributed by atoms with Crippen LogP contribution >= 0.6 is 0 Å². The number of para-hydroxylation sites is 1. The van der Waals surface area contributed by atoms with Crippen LogP contribution in [0.15, 0.2) is 29.2 Å². The lowest BCUT2D eigenvalue weighted by Gasteiger charge is -2.43. The first-order valence-electron chi connectivity index (χ1n) is 9.02. The SMILES string of the molecule is CC(C)C[C@H]1CN(C(=O)c2c[nH]c3c(F)cccc3c2=O)CC[C@@]1(C)O. The first kappa shape index (κ1) is 18.6. The number of hydrogen-bond donors (Lipinski definition) is 2. The number of hydrogen-bond acceptors (Lipinski definition) is 3. The number of benzene rings is 1. The first-order chi connectivity index (χ1) is 12.2. The largest absolute Gasteiger partial charge is 0.390 e. The Balaban J connectivity index is 1.91. The van der Waals surface area contributed by atoms with Gasteiger partial charge < -0.3 is 15.0 Å². The number of piperidine rings is 1. The summed E-state index contributed by atoms with van der Waals surface area (Å²) < 4.78 is 13.8. The molecule has 1 aliphatic rings. The average Bonchev–Trinajstić information content (AvgIpc) is 2.57. The Bertz CT molecular complexity index is 888. The molecule has 1 aromatic heterocycles. The molecule has 140 valence electrons. The molecular formula is C20H25FN2O3. The van der Waals surface area contributed by atoms with E-state index >= 15 is 0 Å². The maximum atomic E-state index is 13.8. The Morgan fingerprint density at radius 2 is 2.19 bits per heavy atom. The highest BCUT2D eigenvalue weighted by Gasteiger charge is 2.39. The Morgan fingerprint density at radius 3 is 2.88 bits per heavy atom. The number of halogens is 1. The molecule has 26 heavy (non-hydrogen) atoms. The van der Waals surface area contributed by atoms with Crippen LogP contribution in [-0.2, 0) is 0 Å². The van der Waals surface area contributed by atoms with Crippen molar-refractivity contribution in [2.24, 2.45) is 11.8 Å². The number of nitrogens with one attached hydrogen (secondary N) is 1. The van der Waals surface area contributed by atoms with Crippen molar-refractivity contribution in [2.75, 3.05) is 13.1 Å². The number of pyridine rings is 1. The lowest BCUT2D eigenvalue weighted by Crippen LogP contribution is -2.52. The summed E-state index contributed by atoms with van der Waals surface area (Å²) in [6.45, 7) is 6.78. The fourth-order valence-electron chi connectivity index (χ4n) is 3.75. The van der Waals surface area contributed by atoms with Gasteiger partial charge in [-0.25, -0.2) is 4.39 Å². The van der Waals surface area contributed by atoms with E-state index < -0.39 is 16.8 Å². The van der Waals surface area contributed by atoms with Crippen LogP contribution in [0.4, 0.5) is 4.39 Å². The van der Waals surface area contributed by atoms with E-state index in [1.807, 2.05) is 6.92 Å². The number of rotatable bonds is 3. The maximum absolute atomic E-state index is 13.8. The molecule has 1 aromatic carbocycles. The number of carbonyl (C=O) groups excluding carboxylic acids is 1. The van der Waals surface area contributed by atoms with Gasteiger partial charge >= 0.3 is 0 Å². The molecule has 1 amide bonds. The fraction of sp³-hybridized carbons (Fsp3) is 0.500. The van der Waals surface area contributed by atoms with Gasteiger partial charge in [0.1, 0.15) is 11.4 Å². The molecule has 2 aromatic rings. The Kier molecular flexibility index (Phi) is 4.88. The number of fused-ring (bicyclic) bond motifs is 1. The second-order valence-corrected chi connectivity index (χ2v) is 7.88. The van der Waals surface area contributed by atoms with Gasteiger partial charge in [0, 0.05) is 30.6 Å². The van der Waals surface area contributed by atoms with Gasteiger partial charge in [-0.05, 0) is 37.8 Å². The van der Waals surface area contributed by atoms with Crippen LogP contribution in [0.5, 0.6) is 0 Å². The minimum atomic E-state index is -0.819. The summed E-state index contributed by atoms with van der Waals surface area (Å²) in [5, 5.41) is 10.8. The summed E-state index contributed by atoms with van der Waals surface area (Å²) >= 11 is 0. The number of aromatic amines is 1. The molecule has 5 nitrogen and oxygen atoms in total. The van der Waals surface area contributed by atoms with E-state index in [0.29, 0.717) is 25.4 Å². The van der Waals surface area contributed by atoms with Crippen molar-refractivity contribution in [1.82, 2.24) is 9.88 Å². The van der Waals surface area contributed by atoms with E-state index in [2.05, 4.69) is 18.8 Å². The number of aromatic nitrogens is 1. The number of aliphatic hydroxyl groups is 1. The van der Waals surface area contributed by atoms with Crippen molar-refractivity contribution < 1.29 is 14.3 Å². The Morgan fingerprint density at radius 1 is 1.46 bits per heavy atom. The van der Waals surface area contributed by atoms with Crippen molar-refractivity contribution in [3.05, 3.63) is 46.0 Å². The third kappa shape index (κ3) is 3.38. The quantitative estimate of drug-likeness (QED) is 0.884. The number of nitrogens with zero attached hydrogens (tertiary/aromatic N) is 1. The highest BCUT2D eigenvalue weighted by atomic mass is 19.1. The minimum absolute atomic E-state index is 0.00735. The summed E-state index contributed by atoms with van der Waals surface area (Å²) in [4.78, 5) is 30.0. The number of likely N-dealkylation sites (tertiary alicyclic amines) is 1. The number of amides is 1. The average molecular weight is 360 g/mol. The van der Waals surface area contributed by atoms with E-state index in [-0.39, 0.29) is 28.3 Å². The summed E-state index contributed by atoms with van der Waals surface area (Å²) in [5.74, 6) is -0.544. The van der Waals surface area contributed by atoms with Crippen molar-refractivity contribution in [1.29, 1.82) is 0 Å². The van der Waals surface area contributed by atoms with Gasteiger partial charge in [-0.3, -0.25) is 9.59 Å². The fourth-order valence-corrected chi connectivity index (χ4v) is 3.75. The summed E-state index contributed by atoms with van der Waals surface area (Å²) in [6, 6.07) is 4.23.